The number of hydrogen-bond acceptors (Lipinski definition) is 6. The van der Waals surface area contributed by atoms with Gasteiger partial charge in [0.05, 0.1) is 18.7 Å². The van der Waals surface area contributed by atoms with Crippen molar-refractivity contribution in [1.29, 1.82) is 0 Å². The van der Waals surface area contributed by atoms with Gasteiger partial charge >= 0.3 is 5.97 Å². The Hall–Kier alpha value is -1.14. The monoisotopic (exact) mass is 257 g/mol. The standard InChI is InChI=1S/C11H19N3O2S/c1-4-16-10(15)7-9-8-17-11(13-9)12-5-6-14(2)3/h8H,4-7H2,1-3H3,(H,12,13). The van der Waals surface area contributed by atoms with Gasteiger partial charge < -0.3 is 15.0 Å². The normalized spacial score (nSPS) is 10.6. The van der Waals surface area contributed by atoms with Crippen LogP contribution in [0.4, 0.5) is 5.13 Å². The van der Waals surface area contributed by atoms with Crippen molar-refractivity contribution >= 4 is 22.4 Å². The van der Waals surface area contributed by atoms with Crippen LogP contribution in [0.1, 0.15) is 12.6 Å². The first-order valence-electron chi connectivity index (χ1n) is 5.60. The van der Waals surface area contributed by atoms with Gasteiger partial charge in [0.25, 0.3) is 0 Å². The van der Waals surface area contributed by atoms with Crippen molar-refractivity contribution < 1.29 is 9.53 Å². The third-order valence-corrected chi connectivity index (χ3v) is 2.87. The van der Waals surface area contributed by atoms with Crippen LogP contribution >= 0.6 is 11.3 Å². The molecule has 1 N–H and O–H groups in total. The van der Waals surface area contributed by atoms with E-state index in [0.29, 0.717) is 6.61 Å². The van der Waals surface area contributed by atoms with Crippen molar-refractivity contribution in [2.24, 2.45) is 0 Å². The fourth-order valence-electron chi connectivity index (χ4n) is 1.22. The Morgan fingerprint density at radius 3 is 3.00 bits per heavy atom. The molecule has 0 amide bonds. The first-order chi connectivity index (χ1) is 8.11. The number of nitrogens with zero attached hydrogens (tertiary/aromatic N) is 2. The number of nitrogens with one attached hydrogen (secondary N) is 1. The van der Waals surface area contributed by atoms with Gasteiger partial charge in [-0.2, -0.15) is 0 Å². The molecule has 0 fully saturated rings. The van der Waals surface area contributed by atoms with Crippen molar-refractivity contribution in [3.8, 4) is 0 Å². The first-order valence-corrected chi connectivity index (χ1v) is 6.48. The summed E-state index contributed by atoms with van der Waals surface area (Å²) in [5.74, 6) is -0.224. The van der Waals surface area contributed by atoms with Gasteiger partial charge in [0, 0.05) is 18.5 Å². The van der Waals surface area contributed by atoms with Crippen LogP contribution in [0.3, 0.4) is 0 Å². The lowest BCUT2D eigenvalue weighted by atomic mass is 10.3. The minimum absolute atomic E-state index is 0.224. The molecule has 0 aromatic carbocycles. The zero-order chi connectivity index (χ0) is 12.7. The van der Waals surface area contributed by atoms with Crippen LogP contribution in [0.15, 0.2) is 5.38 Å². The minimum atomic E-state index is -0.224. The van der Waals surface area contributed by atoms with E-state index in [-0.39, 0.29) is 12.4 Å². The lowest BCUT2D eigenvalue weighted by Gasteiger charge is -2.08. The van der Waals surface area contributed by atoms with Gasteiger partial charge in [-0.3, -0.25) is 4.79 Å². The molecule has 1 rings (SSSR count). The highest BCUT2D eigenvalue weighted by atomic mass is 32.1. The summed E-state index contributed by atoms with van der Waals surface area (Å²) >= 11 is 1.51. The first kappa shape index (κ1) is 13.9. The SMILES string of the molecule is CCOC(=O)Cc1csc(NCCN(C)C)n1. The van der Waals surface area contributed by atoms with E-state index in [1.54, 1.807) is 6.92 Å². The number of esters is 1. The Morgan fingerprint density at radius 1 is 1.59 bits per heavy atom. The van der Waals surface area contributed by atoms with E-state index in [4.69, 9.17) is 4.74 Å². The van der Waals surface area contributed by atoms with Crippen LogP contribution in [-0.4, -0.2) is 49.6 Å². The van der Waals surface area contributed by atoms with E-state index in [2.05, 4.69) is 15.2 Å². The Balaban J connectivity index is 2.34. The summed E-state index contributed by atoms with van der Waals surface area (Å²) in [6, 6.07) is 0. The van der Waals surface area contributed by atoms with Crippen LogP contribution in [0, 0.1) is 0 Å². The summed E-state index contributed by atoms with van der Waals surface area (Å²) in [5.41, 5.74) is 0.765. The quantitative estimate of drug-likeness (QED) is 0.744. The molecule has 0 aliphatic rings. The van der Waals surface area contributed by atoms with E-state index in [1.807, 2.05) is 19.5 Å². The van der Waals surface area contributed by atoms with Crippen molar-refractivity contribution in [2.75, 3.05) is 39.1 Å². The fraction of sp³-hybridized carbons (Fsp3) is 0.636. The fourth-order valence-corrected chi connectivity index (χ4v) is 1.95. The van der Waals surface area contributed by atoms with Crippen LogP contribution in [0.25, 0.3) is 0 Å². The highest BCUT2D eigenvalue weighted by Crippen LogP contribution is 2.15. The largest absolute Gasteiger partial charge is 0.466 e. The van der Waals surface area contributed by atoms with Crippen LogP contribution < -0.4 is 5.32 Å². The number of carbonyl (C=O) groups is 1. The molecule has 0 bridgehead atoms. The number of hydrogen-bond donors (Lipinski definition) is 1. The molecule has 0 aliphatic heterocycles. The zero-order valence-electron chi connectivity index (χ0n) is 10.5. The maximum atomic E-state index is 11.2. The minimum Gasteiger partial charge on any atom is -0.466 e. The third-order valence-electron chi connectivity index (χ3n) is 2.02. The van der Waals surface area contributed by atoms with Crippen molar-refractivity contribution in [2.45, 2.75) is 13.3 Å². The molecule has 0 saturated heterocycles. The van der Waals surface area contributed by atoms with E-state index in [1.165, 1.54) is 11.3 Å². The second kappa shape index (κ2) is 7.24. The molecule has 96 valence electrons. The number of anilines is 1. The highest BCUT2D eigenvalue weighted by Gasteiger charge is 2.07. The lowest BCUT2D eigenvalue weighted by Crippen LogP contribution is -2.20. The second-order valence-electron chi connectivity index (χ2n) is 3.86. The molecule has 17 heavy (non-hydrogen) atoms. The predicted octanol–water partition coefficient (Wildman–Crippen LogP) is 1.22. The van der Waals surface area contributed by atoms with Crippen molar-refractivity contribution in [3.63, 3.8) is 0 Å². The topological polar surface area (TPSA) is 54.5 Å². The Labute approximate surface area is 106 Å². The Kier molecular flexibility index (Phi) is 5.93. The summed E-state index contributed by atoms with van der Waals surface area (Å²) in [6.07, 6.45) is 0.250. The maximum absolute atomic E-state index is 11.2. The molecule has 6 heteroatoms. The Morgan fingerprint density at radius 2 is 2.35 bits per heavy atom. The van der Waals surface area contributed by atoms with Crippen LogP contribution in [0.5, 0.6) is 0 Å². The summed E-state index contributed by atoms with van der Waals surface area (Å²) < 4.78 is 4.87. The average Bonchev–Trinajstić information content (AvgIpc) is 2.65. The number of carbonyl (C=O) groups excluding carboxylic acids is 1. The molecule has 0 atom stereocenters. The molecule has 1 aromatic heterocycles. The molecule has 0 aliphatic carbocycles. The highest BCUT2D eigenvalue weighted by molar-refractivity contribution is 7.13. The maximum Gasteiger partial charge on any atom is 0.311 e. The molecular formula is C11H19N3O2S. The van der Waals surface area contributed by atoms with Crippen molar-refractivity contribution in [1.82, 2.24) is 9.88 Å². The van der Waals surface area contributed by atoms with Crippen LogP contribution in [-0.2, 0) is 16.0 Å². The van der Waals surface area contributed by atoms with Crippen LogP contribution in [0.2, 0.25) is 0 Å². The van der Waals surface area contributed by atoms with E-state index in [9.17, 15) is 4.79 Å². The molecular weight excluding hydrogens is 238 g/mol. The number of likely N-dealkylation sites (N-methyl/N-ethyl adjacent to an activating group) is 1. The number of ether oxygens (including phenoxy) is 1. The molecule has 5 nitrogen and oxygen atoms in total. The summed E-state index contributed by atoms with van der Waals surface area (Å²) in [6.45, 7) is 4.01. The molecule has 1 heterocycles. The number of aromatic nitrogens is 1. The van der Waals surface area contributed by atoms with Gasteiger partial charge in [0.15, 0.2) is 5.13 Å². The van der Waals surface area contributed by atoms with Gasteiger partial charge in [0.1, 0.15) is 0 Å². The van der Waals surface area contributed by atoms with Gasteiger partial charge in [-0.1, -0.05) is 0 Å². The Bertz CT molecular complexity index is 352. The molecule has 0 unspecified atom stereocenters. The summed E-state index contributed by atoms with van der Waals surface area (Å²) in [4.78, 5) is 17.7. The molecule has 1 aromatic rings. The number of thiazole rings is 1. The lowest BCUT2D eigenvalue weighted by molar-refractivity contribution is -0.142. The smallest absolute Gasteiger partial charge is 0.311 e. The zero-order valence-corrected chi connectivity index (χ0v) is 11.3. The van der Waals surface area contributed by atoms with E-state index in [0.717, 1.165) is 23.9 Å². The van der Waals surface area contributed by atoms with Gasteiger partial charge in [0.2, 0.25) is 0 Å². The molecule has 0 radical (unpaired) electrons. The predicted molar refractivity (Wildman–Crippen MR) is 69.5 cm³/mol. The van der Waals surface area contributed by atoms with Gasteiger partial charge in [-0.15, -0.1) is 11.3 Å². The van der Waals surface area contributed by atoms with Gasteiger partial charge in [-0.25, -0.2) is 4.98 Å². The molecule has 0 saturated carbocycles. The number of rotatable bonds is 7. The summed E-state index contributed by atoms with van der Waals surface area (Å²) in [7, 11) is 4.05. The van der Waals surface area contributed by atoms with E-state index < -0.39 is 0 Å². The van der Waals surface area contributed by atoms with Gasteiger partial charge in [-0.05, 0) is 21.0 Å². The summed E-state index contributed by atoms with van der Waals surface area (Å²) in [5, 5.41) is 5.95. The molecule has 0 spiro atoms. The van der Waals surface area contributed by atoms with E-state index >= 15 is 0 Å². The second-order valence-corrected chi connectivity index (χ2v) is 4.71. The van der Waals surface area contributed by atoms with Crippen molar-refractivity contribution in [3.05, 3.63) is 11.1 Å². The average molecular weight is 257 g/mol. The third kappa shape index (κ3) is 5.65.